The zero-order valence-electron chi connectivity index (χ0n) is 9.75. The number of ether oxygens (including phenoxy) is 1. The van der Waals surface area contributed by atoms with Crippen molar-refractivity contribution in [1.82, 2.24) is 0 Å². The minimum Gasteiger partial charge on any atom is -0.392 e. The molecule has 0 radical (unpaired) electrons. The molecule has 14 heavy (non-hydrogen) atoms. The molecule has 0 heterocycles. The van der Waals surface area contributed by atoms with E-state index in [4.69, 9.17) is 4.74 Å². The Bertz CT molecular complexity index is 164. The number of rotatable bonds is 6. The molecule has 0 aromatic carbocycles. The molecule has 1 rings (SSSR count). The van der Waals surface area contributed by atoms with E-state index in [2.05, 4.69) is 20.8 Å². The fourth-order valence-electron chi connectivity index (χ4n) is 2.51. The summed E-state index contributed by atoms with van der Waals surface area (Å²) >= 11 is 0. The summed E-state index contributed by atoms with van der Waals surface area (Å²) in [6.45, 7) is 7.34. The lowest BCUT2D eigenvalue weighted by molar-refractivity contribution is -0.196. The van der Waals surface area contributed by atoms with Gasteiger partial charge in [0.25, 0.3) is 0 Å². The lowest BCUT2D eigenvalue weighted by atomic mass is 9.60. The van der Waals surface area contributed by atoms with Crippen LogP contribution in [0.15, 0.2) is 0 Å². The van der Waals surface area contributed by atoms with E-state index in [-0.39, 0.29) is 11.5 Å². The average Bonchev–Trinajstić information content (AvgIpc) is 2.19. The Hall–Kier alpha value is -0.0800. The standard InChI is InChI=1S/C12H24O2/c1-4-7-8-14-11-9-10(13)12(11,5-2)6-3/h10-11,13H,4-9H2,1-3H3. The highest BCUT2D eigenvalue weighted by atomic mass is 16.5. The summed E-state index contributed by atoms with van der Waals surface area (Å²) < 4.78 is 5.83. The third kappa shape index (κ3) is 1.96. The van der Waals surface area contributed by atoms with Crippen molar-refractivity contribution < 1.29 is 9.84 Å². The zero-order chi connectivity index (χ0) is 10.6. The van der Waals surface area contributed by atoms with E-state index in [9.17, 15) is 5.11 Å². The van der Waals surface area contributed by atoms with Gasteiger partial charge in [0, 0.05) is 18.4 Å². The molecule has 2 heteroatoms. The number of aliphatic hydroxyl groups is 1. The summed E-state index contributed by atoms with van der Waals surface area (Å²) in [5.41, 5.74) is 0.0632. The van der Waals surface area contributed by atoms with Crippen molar-refractivity contribution in [1.29, 1.82) is 0 Å². The van der Waals surface area contributed by atoms with E-state index >= 15 is 0 Å². The molecule has 0 aromatic rings. The maximum Gasteiger partial charge on any atom is 0.0680 e. The molecule has 0 spiro atoms. The predicted molar refractivity (Wildman–Crippen MR) is 58.3 cm³/mol. The second kappa shape index (κ2) is 5.13. The van der Waals surface area contributed by atoms with Crippen molar-refractivity contribution in [2.24, 2.45) is 5.41 Å². The van der Waals surface area contributed by atoms with Crippen LogP contribution in [0, 0.1) is 5.41 Å². The molecule has 0 aromatic heterocycles. The van der Waals surface area contributed by atoms with Crippen LogP contribution in [0.3, 0.4) is 0 Å². The molecule has 2 unspecified atom stereocenters. The molecular weight excluding hydrogens is 176 g/mol. The van der Waals surface area contributed by atoms with Crippen LogP contribution in [0.5, 0.6) is 0 Å². The highest BCUT2D eigenvalue weighted by Crippen LogP contribution is 2.48. The highest BCUT2D eigenvalue weighted by molar-refractivity contribution is 5.02. The monoisotopic (exact) mass is 200 g/mol. The second-order valence-corrected chi connectivity index (χ2v) is 4.40. The Morgan fingerprint density at radius 1 is 1.29 bits per heavy atom. The Kier molecular flexibility index (Phi) is 4.39. The first kappa shape index (κ1) is 12.0. The van der Waals surface area contributed by atoms with Gasteiger partial charge in [0.2, 0.25) is 0 Å². The van der Waals surface area contributed by atoms with Crippen molar-refractivity contribution in [3.8, 4) is 0 Å². The highest BCUT2D eigenvalue weighted by Gasteiger charge is 2.52. The minimum absolute atomic E-state index is 0.0632. The molecule has 2 nitrogen and oxygen atoms in total. The molecule has 0 amide bonds. The van der Waals surface area contributed by atoms with Gasteiger partial charge in [-0.15, -0.1) is 0 Å². The van der Waals surface area contributed by atoms with Gasteiger partial charge in [-0.05, 0) is 19.3 Å². The van der Waals surface area contributed by atoms with Crippen LogP contribution in [-0.4, -0.2) is 23.9 Å². The molecule has 1 aliphatic rings. The molecule has 84 valence electrons. The average molecular weight is 200 g/mol. The summed E-state index contributed by atoms with van der Waals surface area (Å²) in [6.07, 6.45) is 5.38. The molecule has 1 N–H and O–H groups in total. The predicted octanol–water partition coefficient (Wildman–Crippen LogP) is 2.74. The smallest absolute Gasteiger partial charge is 0.0680 e. The van der Waals surface area contributed by atoms with Crippen LogP contribution in [-0.2, 0) is 4.74 Å². The van der Waals surface area contributed by atoms with Gasteiger partial charge in [0.15, 0.2) is 0 Å². The fraction of sp³-hybridized carbons (Fsp3) is 1.00. The van der Waals surface area contributed by atoms with Crippen LogP contribution >= 0.6 is 0 Å². The normalized spacial score (nSPS) is 30.0. The number of hydrogen-bond donors (Lipinski definition) is 1. The van der Waals surface area contributed by atoms with Gasteiger partial charge in [-0.3, -0.25) is 0 Å². The van der Waals surface area contributed by atoms with Gasteiger partial charge in [-0.1, -0.05) is 27.2 Å². The Labute approximate surface area is 87.7 Å². The molecule has 1 fully saturated rings. The summed E-state index contributed by atoms with van der Waals surface area (Å²) in [5.74, 6) is 0. The maximum atomic E-state index is 9.81. The van der Waals surface area contributed by atoms with Crippen LogP contribution in [0.25, 0.3) is 0 Å². The third-order valence-corrected chi connectivity index (χ3v) is 3.88. The Balaban J connectivity index is 2.39. The van der Waals surface area contributed by atoms with Gasteiger partial charge >= 0.3 is 0 Å². The molecule has 1 saturated carbocycles. The van der Waals surface area contributed by atoms with E-state index < -0.39 is 0 Å². The van der Waals surface area contributed by atoms with Gasteiger partial charge in [-0.25, -0.2) is 0 Å². The third-order valence-electron chi connectivity index (χ3n) is 3.88. The lowest BCUT2D eigenvalue weighted by Gasteiger charge is -2.52. The van der Waals surface area contributed by atoms with Crippen LogP contribution in [0.2, 0.25) is 0 Å². The van der Waals surface area contributed by atoms with E-state index in [1.807, 2.05) is 0 Å². The van der Waals surface area contributed by atoms with Crippen LogP contribution in [0.1, 0.15) is 52.9 Å². The van der Waals surface area contributed by atoms with Gasteiger partial charge < -0.3 is 9.84 Å². The number of aliphatic hydroxyl groups excluding tert-OH is 1. The van der Waals surface area contributed by atoms with Crippen LogP contribution in [0.4, 0.5) is 0 Å². The first-order chi connectivity index (χ1) is 6.71. The molecule has 0 aliphatic heterocycles. The molecule has 1 aliphatic carbocycles. The van der Waals surface area contributed by atoms with Crippen molar-refractivity contribution in [2.45, 2.75) is 65.1 Å². The van der Waals surface area contributed by atoms with Gasteiger partial charge in [0.05, 0.1) is 12.2 Å². The second-order valence-electron chi connectivity index (χ2n) is 4.40. The summed E-state index contributed by atoms with van der Waals surface area (Å²) in [5, 5.41) is 9.81. The largest absolute Gasteiger partial charge is 0.392 e. The molecule has 2 atom stereocenters. The molecule has 0 bridgehead atoms. The van der Waals surface area contributed by atoms with Gasteiger partial charge in [-0.2, -0.15) is 0 Å². The maximum absolute atomic E-state index is 9.81. The van der Waals surface area contributed by atoms with Crippen LogP contribution < -0.4 is 0 Å². The fourth-order valence-corrected chi connectivity index (χ4v) is 2.51. The topological polar surface area (TPSA) is 29.5 Å². The summed E-state index contributed by atoms with van der Waals surface area (Å²) in [6, 6.07) is 0. The Morgan fingerprint density at radius 3 is 2.36 bits per heavy atom. The quantitative estimate of drug-likeness (QED) is 0.668. The van der Waals surface area contributed by atoms with Gasteiger partial charge in [0.1, 0.15) is 0 Å². The van der Waals surface area contributed by atoms with E-state index in [0.29, 0.717) is 6.10 Å². The van der Waals surface area contributed by atoms with Crippen molar-refractivity contribution in [3.05, 3.63) is 0 Å². The van der Waals surface area contributed by atoms with Crippen molar-refractivity contribution in [3.63, 3.8) is 0 Å². The first-order valence-corrected chi connectivity index (χ1v) is 6.00. The zero-order valence-corrected chi connectivity index (χ0v) is 9.75. The SMILES string of the molecule is CCCCOC1CC(O)C1(CC)CC. The minimum atomic E-state index is -0.135. The Morgan fingerprint density at radius 2 is 1.93 bits per heavy atom. The van der Waals surface area contributed by atoms with Crippen molar-refractivity contribution in [2.75, 3.05) is 6.61 Å². The summed E-state index contributed by atoms with van der Waals surface area (Å²) in [4.78, 5) is 0. The van der Waals surface area contributed by atoms with E-state index in [0.717, 1.165) is 32.3 Å². The van der Waals surface area contributed by atoms with E-state index in [1.54, 1.807) is 0 Å². The first-order valence-electron chi connectivity index (χ1n) is 6.00. The summed E-state index contributed by atoms with van der Waals surface area (Å²) in [7, 11) is 0. The lowest BCUT2D eigenvalue weighted by Crippen LogP contribution is -2.57. The molecule has 0 saturated heterocycles. The molecular formula is C12H24O2. The number of hydrogen-bond acceptors (Lipinski definition) is 2. The van der Waals surface area contributed by atoms with E-state index in [1.165, 1.54) is 6.42 Å². The van der Waals surface area contributed by atoms with Crippen molar-refractivity contribution >= 4 is 0 Å². The number of unbranched alkanes of at least 4 members (excludes halogenated alkanes) is 1.